The summed E-state index contributed by atoms with van der Waals surface area (Å²) in [6.45, 7) is 17.2. The van der Waals surface area contributed by atoms with Crippen molar-refractivity contribution in [3.8, 4) is 0 Å². The molecule has 0 spiro atoms. The van der Waals surface area contributed by atoms with Gasteiger partial charge in [0.2, 0.25) is 0 Å². The van der Waals surface area contributed by atoms with E-state index in [9.17, 15) is 0 Å². The van der Waals surface area contributed by atoms with Crippen molar-refractivity contribution in [1.29, 1.82) is 0 Å². The monoisotopic (exact) mass is 268 g/mol. The third-order valence-electron chi connectivity index (χ3n) is 4.54. The molecule has 0 aromatic carbocycles. The summed E-state index contributed by atoms with van der Waals surface area (Å²) < 4.78 is 0. The van der Waals surface area contributed by atoms with Gasteiger partial charge in [-0.1, -0.05) is 58.0 Å². The highest BCUT2D eigenvalue weighted by atomic mass is 28.3. The average molecular weight is 268 g/mol. The summed E-state index contributed by atoms with van der Waals surface area (Å²) in [5.41, 5.74) is 11.2. The van der Waals surface area contributed by atoms with Crippen LogP contribution in [0.2, 0.25) is 11.1 Å². The SMILES string of the molecule is C=C[Si](C=C)(C1C=C(C)C=C1C)C1C=C(C)C=C1C. The fourth-order valence-corrected chi connectivity index (χ4v) is 8.06. The third kappa shape index (κ3) is 2.16. The van der Waals surface area contributed by atoms with E-state index in [1.54, 1.807) is 0 Å². The second-order valence-electron chi connectivity index (χ2n) is 5.96. The summed E-state index contributed by atoms with van der Waals surface area (Å²) in [7, 11) is -1.85. The first kappa shape index (κ1) is 14.1. The van der Waals surface area contributed by atoms with Gasteiger partial charge in [-0.25, -0.2) is 0 Å². The van der Waals surface area contributed by atoms with Crippen LogP contribution in [0.1, 0.15) is 27.7 Å². The van der Waals surface area contributed by atoms with Crippen LogP contribution in [-0.4, -0.2) is 8.07 Å². The van der Waals surface area contributed by atoms with E-state index in [0.29, 0.717) is 11.1 Å². The maximum Gasteiger partial charge on any atom is 0.122 e. The van der Waals surface area contributed by atoms with Gasteiger partial charge in [0.05, 0.1) is 0 Å². The molecule has 0 aromatic heterocycles. The van der Waals surface area contributed by atoms with E-state index in [2.05, 4.69) is 76.6 Å². The van der Waals surface area contributed by atoms with Crippen molar-refractivity contribution < 1.29 is 0 Å². The molecule has 0 saturated carbocycles. The molecular formula is C18H24Si. The Labute approximate surface area is 118 Å². The third-order valence-corrected chi connectivity index (χ3v) is 9.35. The highest BCUT2D eigenvalue weighted by Crippen LogP contribution is 2.49. The predicted octanol–water partition coefficient (Wildman–Crippen LogP) is 5.44. The van der Waals surface area contributed by atoms with E-state index in [0.717, 1.165) is 0 Å². The van der Waals surface area contributed by atoms with Gasteiger partial charge in [-0.15, -0.1) is 13.2 Å². The zero-order valence-corrected chi connectivity index (χ0v) is 13.5. The molecule has 0 nitrogen and oxygen atoms in total. The molecule has 0 saturated heterocycles. The van der Waals surface area contributed by atoms with Gasteiger partial charge in [0.25, 0.3) is 0 Å². The minimum Gasteiger partial charge on any atom is -0.107 e. The van der Waals surface area contributed by atoms with Gasteiger partial charge in [-0.05, 0) is 27.7 Å². The van der Waals surface area contributed by atoms with E-state index in [1.165, 1.54) is 22.3 Å². The van der Waals surface area contributed by atoms with Crippen molar-refractivity contribution in [3.63, 3.8) is 0 Å². The molecule has 0 amide bonds. The summed E-state index contributed by atoms with van der Waals surface area (Å²) >= 11 is 0. The fourth-order valence-electron chi connectivity index (χ4n) is 3.64. The Morgan fingerprint density at radius 1 is 0.842 bits per heavy atom. The molecular weight excluding hydrogens is 244 g/mol. The van der Waals surface area contributed by atoms with Gasteiger partial charge in [0.15, 0.2) is 0 Å². The molecule has 19 heavy (non-hydrogen) atoms. The minimum absolute atomic E-state index is 0.512. The Morgan fingerprint density at radius 2 is 1.21 bits per heavy atom. The Kier molecular flexibility index (Phi) is 3.68. The van der Waals surface area contributed by atoms with Crippen LogP contribution < -0.4 is 0 Å². The van der Waals surface area contributed by atoms with E-state index in [1.807, 2.05) is 0 Å². The Balaban J connectivity index is 2.52. The van der Waals surface area contributed by atoms with Crippen LogP contribution in [0.15, 0.2) is 71.2 Å². The van der Waals surface area contributed by atoms with Gasteiger partial charge in [-0.3, -0.25) is 0 Å². The van der Waals surface area contributed by atoms with E-state index in [-0.39, 0.29) is 0 Å². The van der Waals surface area contributed by atoms with Gasteiger partial charge in [-0.2, -0.15) is 0 Å². The average Bonchev–Trinajstić information content (AvgIpc) is 2.86. The lowest BCUT2D eigenvalue weighted by Gasteiger charge is -2.37. The fraction of sp³-hybridized carbons (Fsp3) is 0.333. The molecule has 0 radical (unpaired) electrons. The van der Waals surface area contributed by atoms with Gasteiger partial charge in [0.1, 0.15) is 8.07 Å². The molecule has 2 aliphatic rings. The first-order valence-corrected chi connectivity index (χ1v) is 9.26. The normalized spacial score (nSPS) is 26.5. The van der Waals surface area contributed by atoms with Crippen LogP contribution in [0.25, 0.3) is 0 Å². The maximum absolute atomic E-state index is 4.19. The van der Waals surface area contributed by atoms with E-state index < -0.39 is 8.07 Å². The van der Waals surface area contributed by atoms with E-state index >= 15 is 0 Å². The predicted molar refractivity (Wildman–Crippen MR) is 88.7 cm³/mol. The quantitative estimate of drug-likeness (QED) is 0.596. The lowest BCUT2D eigenvalue weighted by atomic mass is 10.2. The van der Waals surface area contributed by atoms with Gasteiger partial charge >= 0.3 is 0 Å². The zero-order valence-electron chi connectivity index (χ0n) is 12.5. The summed E-state index contributed by atoms with van der Waals surface area (Å²) in [5, 5.41) is 0. The summed E-state index contributed by atoms with van der Waals surface area (Å²) in [6, 6.07) is 0. The molecule has 0 aromatic rings. The smallest absolute Gasteiger partial charge is 0.107 e. The van der Waals surface area contributed by atoms with Gasteiger partial charge < -0.3 is 0 Å². The van der Waals surface area contributed by atoms with Crippen molar-refractivity contribution in [2.24, 2.45) is 0 Å². The standard InChI is InChI=1S/C18H24Si/c1-7-19(8-2,17-11-13(3)9-15(17)5)18-12-14(4)10-16(18)6/h7-12,17-18H,1-2H2,3-6H3. The van der Waals surface area contributed by atoms with Crippen LogP contribution in [0.4, 0.5) is 0 Å². The molecule has 0 heterocycles. The van der Waals surface area contributed by atoms with Crippen LogP contribution in [0.5, 0.6) is 0 Å². The molecule has 0 fully saturated rings. The number of rotatable bonds is 4. The number of allylic oxidation sites excluding steroid dienone is 8. The van der Waals surface area contributed by atoms with Crippen molar-refractivity contribution in [3.05, 3.63) is 71.2 Å². The maximum atomic E-state index is 4.19. The van der Waals surface area contributed by atoms with Crippen molar-refractivity contribution in [1.82, 2.24) is 0 Å². The van der Waals surface area contributed by atoms with Crippen molar-refractivity contribution in [2.45, 2.75) is 38.8 Å². The lowest BCUT2D eigenvalue weighted by Crippen LogP contribution is -2.40. The molecule has 0 aliphatic heterocycles. The largest absolute Gasteiger partial charge is 0.122 e. The highest BCUT2D eigenvalue weighted by Gasteiger charge is 2.44. The Hall–Kier alpha value is -1.34. The first-order valence-electron chi connectivity index (χ1n) is 6.95. The molecule has 2 rings (SSSR count). The van der Waals surface area contributed by atoms with Gasteiger partial charge in [0, 0.05) is 11.1 Å². The molecule has 2 atom stereocenters. The lowest BCUT2D eigenvalue weighted by molar-refractivity contribution is 1.08. The summed E-state index contributed by atoms with van der Waals surface area (Å²) in [6.07, 6.45) is 9.45. The van der Waals surface area contributed by atoms with Crippen LogP contribution in [-0.2, 0) is 0 Å². The summed E-state index contributed by atoms with van der Waals surface area (Å²) in [4.78, 5) is 0. The highest BCUT2D eigenvalue weighted by molar-refractivity contribution is 6.93. The Bertz CT molecular complexity index is 490. The second kappa shape index (κ2) is 4.97. The molecule has 100 valence electrons. The van der Waals surface area contributed by atoms with Crippen LogP contribution in [0.3, 0.4) is 0 Å². The van der Waals surface area contributed by atoms with E-state index in [4.69, 9.17) is 0 Å². The topological polar surface area (TPSA) is 0 Å². The number of hydrogen-bond donors (Lipinski definition) is 0. The minimum atomic E-state index is -1.85. The van der Waals surface area contributed by atoms with Crippen LogP contribution >= 0.6 is 0 Å². The van der Waals surface area contributed by atoms with Crippen molar-refractivity contribution in [2.75, 3.05) is 0 Å². The zero-order chi connectivity index (χ0) is 14.2. The van der Waals surface area contributed by atoms with Crippen molar-refractivity contribution >= 4 is 8.07 Å². The second-order valence-corrected chi connectivity index (χ2v) is 10.0. The molecule has 2 aliphatic carbocycles. The Morgan fingerprint density at radius 3 is 1.42 bits per heavy atom. The number of hydrogen-bond acceptors (Lipinski definition) is 0. The molecule has 0 N–H and O–H groups in total. The van der Waals surface area contributed by atoms with Crippen LogP contribution in [0, 0.1) is 0 Å². The summed E-state index contributed by atoms with van der Waals surface area (Å²) in [5.74, 6) is 0. The molecule has 1 heteroatoms. The molecule has 2 unspecified atom stereocenters. The first-order chi connectivity index (χ1) is 8.94. The molecule has 0 bridgehead atoms.